The molecule has 1 unspecified atom stereocenters. The smallest absolute Gasteiger partial charge is 0.547 e. The molecule has 0 spiro atoms. The zero-order valence-electron chi connectivity index (χ0n) is 10.4. The zero-order valence-corrected chi connectivity index (χ0v) is 12.4. The van der Waals surface area contributed by atoms with Crippen LogP contribution in [0.1, 0.15) is 43.5 Å². The average Bonchev–Trinajstić information content (AvgIpc) is 2.29. The van der Waals surface area contributed by atoms with Gasteiger partial charge in [-0.2, -0.15) is 0 Å². The first-order valence-corrected chi connectivity index (χ1v) is 5.59. The van der Waals surface area contributed by atoms with Crippen molar-refractivity contribution in [3.05, 3.63) is 35.4 Å². The van der Waals surface area contributed by atoms with Gasteiger partial charge in [0, 0.05) is 0 Å². The first kappa shape index (κ1) is 16.6. The molecule has 0 heterocycles. The molecule has 0 radical (unpaired) electrons. The summed E-state index contributed by atoms with van der Waals surface area (Å²) in [5.41, 5.74) is 1.16. The minimum atomic E-state index is -2.02. The van der Waals surface area contributed by atoms with Crippen LogP contribution >= 0.6 is 0 Å². The molecule has 0 aliphatic carbocycles. The summed E-state index contributed by atoms with van der Waals surface area (Å²) in [6.07, 6.45) is 2.14. The van der Waals surface area contributed by atoms with Crippen LogP contribution in [0, 0.1) is 0 Å². The number of unbranched alkanes of at least 4 members (excludes halogenated alkanes) is 2. The van der Waals surface area contributed by atoms with Crippen LogP contribution < -0.4 is 34.7 Å². The van der Waals surface area contributed by atoms with Crippen molar-refractivity contribution in [3.63, 3.8) is 0 Å². The van der Waals surface area contributed by atoms with Crippen LogP contribution in [0.5, 0.6) is 0 Å². The van der Waals surface area contributed by atoms with Gasteiger partial charge in [0.25, 0.3) is 0 Å². The Morgan fingerprint density at radius 2 is 2.12 bits per heavy atom. The van der Waals surface area contributed by atoms with Crippen LogP contribution in [0.4, 0.5) is 4.39 Å². The molecule has 0 saturated carbocycles. The molecule has 0 saturated heterocycles. The van der Waals surface area contributed by atoms with Crippen molar-refractivity contribution < 1.29 is 43.8 Å². The maximum atomic E-state index is 13.2. The SMILES string of the molecule is CCCCCc1cccc(C(F)C(=O)[O-])c1.[Na+]. The van der Waals surface area contributed by atoms with E-state index in [2.05, 4.69) is 6.92 Å². The molecule has 1 atom stereocenters. The monoisotopic (exact) mass is 246 g/mol. The summed E-state index contributed by atoms with van der Waals surface area (Å²) in [4.78, 5) is 10.4. The van der Waals surface area contributed by atoms with Gasteiger partial charge in [-0.25, -0.2) is 4.39 Å². The van der Waals surface area contributed by atoms with Crippen molar-refractivity contribution in [1.82, 2.24) is 0 Å². The Hall–Kier alpha value is -0.380. The minimum absolute atomic E-state index is 0. The van der Waals surface area contributed by atoms with Crippen molar-refractivity contribution >= 4 is 5.97 Å². The van der Waals surface area contributed by atoms with E-state index in [1.807, 2.05) is 6.07 Å². The van der Waals surface area contributed by atoms with Crippen molar-refractivity contribution in [1.29, 1.82) is 0 Å². The van der Waals surface area contributed by atoms with Crippen LogP contribution in [0.25, 0.3) is 0 Å². The first-order valence-electron chi connectivity index (χ1n) is 5.59. The van der Waals surface area contributed by atoms with Crippen LogP contribution in [-0.4, -0.2) is 5.97 Å². The predicted octanol–water partition coefficient (Wildman–Crippen LogP) is -0.816. The van der Waals surface area contributed by atoms with Crippen molar-refractivity contribution in [2.75, 3.05) is 0 Å². The number of aryl methyl sites for hydroxylation is 1. The van der Waals surface area contributed by atoms with Crippen LogP contribution in [0.2, 0.25) is 0 Å². The molecule has 2 nitrogen and oxygen atoms in total. The molecule has 1 aromatic carbocycles. The number of carboxylic acid groups (broad SMARTS) is 1. The molecule has 0 fully saturated rings. The van der Waals surface area contributed by atoms with Crippen LogP contribution in [0.15, 0.2) is 24.3 Å². The number of carboxylic acids is 1. The van der Waals surface area contributed by atoms with Gasteiger partial charge in [-0.05, 0) is 24.0 Å². The second kappa shape index (κ2) is 8.67. The largest absolute Gasteiger partial charge is 1.00 e. The molecular formula is C13H16FNaO2. The second-order valence-electron chi connectivity index (χ2n) is 3.88. The van der Waals surface area contributed by atoms with E-state index < -0.39 is 12.1 Å². The Morgan fingerprint density at radius 1 is 1.41 bits per heavy atom. The number of carbonyl (C=O) groups excluding carboxylic acids is 1. The number of alkyl halides is 1. The van der Waals surface area contributed by atoms with E-state index in [1.165, 1.54) is 6.07 Å². The fourth-order valence-corrected chi connectivity index (χ4v) is 1.62. The summed E-state index contributed by atoms with van der Waals surface area (Å²) in [7, 11) is 0. The molecule has 88 valence electrons. The van der Waals surface area contributed by atoms with Crippen molar-refractivity contribution in [3.8, 4) is 0 Å². The van der Waals surface area contributed by atoms with E-state index in [0.717, 1.165) is 31.2 Å². The third-order valence-electron chi connectivity index (χ3n) is 2.52. The molecule has 0 aliphatic rings. The minimum Gasteiger partial charge on any atom is -0.547 e. The maximum absolute atomic E-state index is 13.2. The third kappa shape index (κ3) is 5.66. The normalized spacial score (nSPS) is 11.6. The van der Waals surface area contributed by atoms with Crippen LogP contribution in [-0.2, 0) is 11.2 Å². The summed E-state index contributed by atoms with van der Waals surface area (Å²) in [6.45, 7) is 2.12. The van der Waals surface area contributed by atoms with Gasteiger partial charge in [0.2, 0.25) is 0 Å². The average molecular weight is 246 g/mol. The molecule has 0 aliphatic heterocycles. The first-order chi connectivity index (χ1) is 7.65. The second-order valence-corrected chi connectivity index (χ2v) is 3.88. The van der Waals surface area contributed by atoms with Gasteiger partial charge in [0.15, 0.2) is 6.17 Å². The summed E-state index contributed by atoms with van der Waals surface area (Å²) < 4.78 is 13.2. The van der Waals surface area contributed by atoms with E-state index in [1.54, 1.807) is 12.1 Å². The van der Waals surface area contributed by atoms with E-state index in [0.29, 0.717) is 0 Å². The standard InChI is InChI=1S/C13H17FO2.Na/c1-2-3-4-6-10-7-5-8-11(9-10)12(14)13(15)16;/h5,7-9,12H,2-4,6H2,1H3,(H,15,16);/q;+1/p-1. The zero-order chi connectivity index (χ0) is 12.0. The van der Waals surface area contributed by atoms with Gasteiger partial charge in [-0.1, -0.05) is 44.0 Å². The van der Waals surface area contributed by atoms with Gasteiger partial charge in [-0.3, -0.25) is 0 Å². The number of hydrogen-bond acceptors (Lipinski definition) is 2. The Balaban J connectivity index is 0.00000256. The molecule has 0 amide bonds. The maximum Gasteiger partial charge on any atom is 1.00 e. The number of hydrogen-bond donors (Lipinski definition) is 0. The fourth-order valence-electron chi connectivity index (χ4n) is 1.62. The molecular weight excluding hydrogens is 230 g/mol. The number of aliphatic carboxylic acids is 1. The summed E-state index contributed by atoms with van der Waals surface area (Å²) in [5.74, 6) is -1.68. The Morgan fingerprint density at radius 3 is 2.71 bits per heavy atom. The molecule has 0 aromatic heterocycles. The van der Waals surface area contributed by atoms with Crippen LogP contribution in [0.3, 0.4) is 0 Å². The molecule has 1 aromatic rings. The molecule has 17 heavy (non-hydrogen) atoms. The van der Waals surface area contributed by atoms with E-state index >= 15 is 0 Å². The summed E-state index contributed by atoms with van der Waals surface area (Å²) in [5, 5.41) is 10.4. The number of halogens is 1. The molecule has 4 heteroatoms. The summed E-state index contributed by atoms with van der Waals surface area (Å²) >= 11 is 0. The Labute approximate surface area is 124 Å². The van der Waals surface area contributed by atoms with Crippen molar-refractivity contribution in [2.45, 2.75) is 38.8 Å². The van der Waals surface area contributed by atoms with E-state index in [4.69, 9.17) is 0 Å². The molecule has 1 rings (SSSR count). The van der Waals surface area contributed by atoms with E-state index in [9.17, 15) is 14.3 Å². The van der Waals surface area contributed by atoms with Gasteiger partial charge in [0.1, 0.15) is 0 Å². The fraction of sp³-hybridized carbons (Fsp3) is 0.462. The van der Waals surface area contributed by atoms with Gasteiger partial charge in [0.05, 0.1) is 5.97 Å². The predicted molar refractivity (Wildman–Crippen MR) is 58.5 cm³/mol. The number of rotatable bonds is 6. The van der Waals surface area contributed by atoms with E-state index in [-0.39, 0.29) is 35.1 Å². The topological polar surface area (TPSA) is 40.1 Å². The Bertz CT molecular complexity index is 355. The van der Waals surface area contributed by atoms with Crippen molar-refractivity contribution in [2.24, 2.45) is 0 Å². The third-order valence-corrected chi connectivity index (χ3v) is 2.52. The van der Waals surface area contributed by atoms with Gasteiger partial charge in [-0.15, -0.1) is 0 Å². The number of carbonyl (C=O) groups is 1. The van der Waals surface area contributed by atoms with Gasteiger partial charge >= 0.3 is 29.6 Å². The molecule has 0 N–H and O–H groups in total. The summed E-state index contributed by atoms with van der Waals surface area (Å²) in [6, 6.07) is 6.66. The van der Waals surface area contributed by atoms with Gasteiger partial charge < -0.3 is 9.90 Å². The Kier molecular flexibility index (Phi) is 8.48. The number of benzene rings is 1. The molecule has 0 bridgehead atoms. The quantitative estimate of drug-likeness (QED) is 0.486.